The Labute approximate surface area is 178 Å². The largest absolute Gasteiger partial charge is 0.495 e. The molecule has 0 bridgehead atoms. The lowest BCUT2D eigenvalue weighted by Gasteiger charge is -2.32. The molecule has 1 saturated heterocycles. The highest BCUT2D eigenvalue weighted by atomic mass is 35.5. The summed E-state index contributed by atoms with van der Waals surface area (Å²) in [6.45, 7) is 1.07. The van der Waals surface area contributed by atoms with Crippen LogP contribution in [0.5, 0.6) is 11.5 Å². The molecule has 2 amide bonds. The molecule has 4 rings (SSSR count). The predicted octanol–water partition coefficient (Wildman–Crippen LogP) is 3.87. The zero-order chi connectivity index (χ0) is 21.3. The predicted molar refractivity (Wildman–Crippen MR) is 116 cm³/mol. The van der Waals surface area contributed by atoms with Crippen LogP contribution in [0.4, 0.5) is 10.5 Å². The van der Waals surface area contributed by atoms with Crippen molar-refractivity contribution in [2.45, 2.75) is 18.9 Å². The number of urea groups is 1. The Kier molecular flexibility index (Phi) is 5.59. The van der Waals surface area contributed by atoms with E-state index in [1.54, 1.807) is 21.6 Å². The smallest absolute Gasteiger partial charge is 0.326 e. The highest BCUT2D eigenvalue weighted by Crippen LogP contribution is 2.36. The number of piperidine rings is 1. The summed E-state index contributed by atoms with van der Waals surface area (Å²) in [5, 5.41) is 3.24. The van der Waals surface area contributed by atoms with E-state index in [0.717, 1.165) is 11.0 Å². The zero-order valence-electron chi connectivity index (χ0n) is 16.8. The average Bonchev–Trinajstić information content (AvgIpc) is 3.09. The van der Waals surface area contributed by atoms with E-state index in [2.05, 4.69) is 10.3 Å². The van der Waals surface area contributed by atoms with Gasteiger partial charge in [-0.25, -0.2) is 9.59 Å². The van der Waals surface area contributed by atoms with Crippen LogP contribution in [0.2, 0.25) is 5.02 Å². The Morgan fingerprint density at radius 3 is 2.53 bits per heavy atom. The third-order valence-corrected chi connectivity index (χ3v) is 5.75. The molecular weight excluding hydrogens is 408 g/mol. The Bertz CT molecular complexity index is 1130. The number of fused-ring (bicyclic) bond motifs is 1. The molecule has 158 valence electrons. The van der Waals surface area contributed by atoms with Crippen LogP contribution in [0.15, 0.2) is 41.2 Å². The first kappa shape index (κ1) is 20.2. The molecule has 1 aliphatic heterocycles. The molecule has 0 saturated carbocycles. The normalized spacial score (nSPS) is 14.7. The van der Waals surface area contributed by atoms with Crippen LogP contribution >= 0.6 is 11.6 Å². The lowest BCUT2D eigenvalue weighted by atomic mass is 10.0. The molecule has 2 heterocycles. The topological polar surface area (TPSA) is 88.6 Å². The van der Waals surface area contributed by atoms with Crippen LogP contribution in [0, 0.1) is 0 Å². The summed E-state index contributed by atoms with van der Waals surface area (Å²) in [4.78, 5) is 29.8. The fourth-order valence-corrected chi connectivity index (χ4v) is 4.16. The molecule has 0 atom stereocenters. The number of carbonyl (C=O) groups excluding carboxylic acids is 1. The number of H-pyrrole nitrogens is 1. The summed E-state index contributed by atoms with van der Waals surface area (Å²) in [5.74, 6) is 0.932. The molecule has 2 aromatic carbocycles. The zero-order valence-corrected chi connectivity index (χ0v) is 17.5. The van der Waals surface area contributed by atoms with Crippen LogP contribution in [-0.2, 0) is 0 Å². The third-order valence-electron chi connectivity index (χ3n) is 5.46. The van der Waals surface area contributed by atoms with Crippen LogP contribution in [0.25, 0.3) is 11.0 Å². The van der Waals surface area contributed by atoms with Crippen LogP contribution < -0.4 is 20.5 Å². The van der Waals surface area contributed by atoms with Crippen molar-refractivity contribution in [3.63, 3.8) is 0 Å². The maximum absolute atomic E-state index is 12.8. The number of methoxy groups -OCH3 is 2. The van der Waals surface area contributed by atoms with Crippen molar-refractivity contribution in [3.05, 3.63) is 51.9 Å². The van der Waals surface area contributed by atoms with Gasteiger partial charge in [-0.1, -0.05) is 23.7 Å². The van der Waals surface area contributed by atoms with E-state index in [1.165, 1.54) is 14.2 Å². The first-order chi connectivity index (χ1) is 14.5. The van der Waals surface area contributed by atoms with Crippen LogP contribution in [0.3, 0.4) is 0 Å². The molecular formula is C21H23ClN4O4. The van der Waals surface area contributed by atoms with E-state index in [9.17, 15) is 9.59 Å². The van der Waals surface area contributed by atoms with Gasteiger partial charge in [0.05, 0.1) is 36.0 Å². The average molecular weight is 431 g/mol. The van der Waals surface area contributed by atoms with Gasteiger partial charge in [0.25, 0.3) is 0 Å². The number of aromatic nitrogens is 2. The molecule has 0 spiro atoms. The number of anilines is 1. The second-order valence-corrected chi connectivity index (χ2v) is 7.56. The van der Waals surface area contributed by atoms with Crippen molar-refractivity contribution in [3.8, 4) is 11.5 Å². The minimum Gasteiger partial charge on any atom is -0.495 e. The quantitative estimate of drug-likeness (QED) is 0.657. The molecule has 1 aliphatic rings. The SMILES string of the molecule is COc1cc(OC)c(NC(=O)N2CCC(n3c(=O)[nH]c4ccccc43)CC2)cc1Cl. The van der Waals surface area contributed by atoms with Gasteiger partial charge in [-0.15, -0.1) is 0 Å². The van der Waals surface area contributed by atoms with Crippen LogP contribution in [-0.4, -0.2) is 47.8 Å². The number of imidazole rings is 1. The third kappa shape index (κ3) is 3.70. The number of halogens is 1. The standard InChI is InChI=1S/C21H23ClN4O4/c1-29-18-12-19(30-2)16(11-14(18)22)24-20(27)25-9-7-13(8-10-25)26-17-6-4-3-5-15(17)23-21(26)28/h3-6,11-13H,7-10H2,1-2H3,(H,23,28)(H,24,27). The summed E-state index contributed by atoms with van der Waals surface area (Å²) in [7, 11) is 3.03. The minimum absolute atomic E-state index is 0.0441. The highest BCUT2D eigenvalue weighted by Gasteiger charge is 2.26. The van der Waals surface area contributed by atoms with Gasteiger partial charge in [-0.2, -0.15) is 0 Å². The van der Waals surface area contributed by atoms with Gasteiger partial charge >= 0.3 is 11.7 Å². The van der Waals surface area contributed by atoms with E-state index in [1.807, 2.05) is 24.3 Å². The molecule has 1 aromatic heterocycles. The van der Waals surface area contributed by atoms with Crippen molar-refractivity contribution in [2.24, 2.45) is 0 Å². The van der Waals surface area contributed by atoms with E-state index in [4.69, 9.17) is 21.1 Å². The molecule has 2 N–H and O–H groups in total. The number of rotatable bonds is 4. The number of ether oxygens (including phenoxy) is 2. The van der Waals surface area contributed by atoms with Crippen LogP contribution in [0.1, 0.15) is 18.9 Å². The minimum atomic E-state index is -0.237. The second kappa shape index (κ2) is 8.31. The maximum atomic E-state index is 12.8. The van der Waals surface area contributed by atoms with E-state index >= 15 is 0 Å². The maximum Gasteiger partial charge on any atom is 0.326 e. The summed E-state index contributed by atoms with van der Waals surface area (Å²) < 4.78 is 12.3. The monoisotopic (exact) mass is 430 g/mol. The summed E-state index contributed by atoms with van der Waals surface area (Å²) in [5.41, 5.74) is 2.08. The molecule has 1 fully saturated rings. The number of nitrogens with zero attached hydrogens (tertiary/aromatic N) is 2. The molecule has 0 unspecified atom stereocenters. The number of hydrogen-bond donors (Lipinski definition) is 2. The van der Waals surface area contributed by atoms with Gasteiger partial charge in [-0.05, 0) is 31.0 Å². The number of likely N-dealkylation sites (tertiary alicyclic amines) is 1. The Hall–Kier alpha value is -3.13. The molecule has 30 heavy (non-hydrogen) atoms. The first-order valence-corrected chi connectivity index (χ1v) is 10.1. The Morgan fingerprint density at radius 2 is 1.83 bits per heavy atom. The van der Waals surface area contributed by atoms with Gasteiger partial charge < -0.3 is 24.7 Å². The number of benzene rings is 2. The van der Waals surface area contributed by atoms with Gasteiger partial charge in [0.2, 0.25) is 0 Å². The molecule has 0 aliphatic carbocycles. The fraction of sp³-hybridized carbons (Fsp3) is 0.333. The van der Waals surface area contributed by atoms with E-state index in [-0.39, 0.29) is 17.8 Å². The van der Waals surface area contributed by atoms with Crippen molar-refractivity contribution in [2.75, 3.05) is 32.6 Å². The number of hydrogen-bond acceptors (Lipinski definition) is 4. The van der Waals surface area contributed by atoms with E-state index in [0.29, 0.717) is 48.1 Å². The van der Waals surface area contributed by atoms with E-state index < -0.39 is 0 Å². The van der Waals surface area contributed by atoms with Gasteiger partial charge in [0.1, 0.15) is 11.5 Å². The number of para-hydroxylation sites is 2. The molecule has 9 heteroatoms. The van der Waals surface area contributed by atoms with Crippen molar-refractivity contribution < 1.29 is 14.3 Å². The Morgan fingerprint density at radius 1 is 1.13 bits per heavy atom. The highest BCUT2D eigenvalue weighted by molar-refractivity contribution is 6.32. The van der Waals surface area contributed by atoms with Crippen molar-refractivity contribution >= 4 is 34.4 Å². The van der Waals surface area contributed by atoms with Gasteiger partial charge in [-0.3, -0.25) is 4.57 Å². The number of nitrogens with one attached hydrogen (secondary N) is 2. The van der Waals surface area contributed by atoms with Crippen molar-refractivity contribution in [1.82, 2.24) is 14.5 Å². The molecule has 0 radical (unpaired) electrons. The Balaban J connectivity index is 1.46. The molecule has 8 nitrogen and oxygen atoms in total. The first-order valence-electron chi connectivity index (χ1n) is 9.68. The summed E-state index contributed by atoms with van der Waals surface area (Å²) in [6.07, 6.45) is 1.38. The number of aromatic amines is 1. The second-order valence-electron chi connectivity index (χ2n) is 7.15. The van der Waals surface area contributed by atoms with Crippen molar-refractivity contribution in [1.29, 1.82) is 0 Å². The summed E-state index contributed by atoms with van der Waals surface area (Å²) >= 11 is 6.19. The lowest BCUT2D eigenvalue weighted by molar-refractivity contribution is 0.184. The number of amides is 2. The fourth-order valence-electron chi connectivity index (χ4n) is 3.92. The lowest BCUT2D eigenvalue weighted by Crippen LogP contribution is -2.42. The number of carbonyl (C=O) groups is 1. The molecule has 3 aromatic rings. The summed E-state index contributed by atoms with van der Waals surface area (Å²) in [6, 6.07) is 10.7. The van der Waals surface area contributed by atoms with Gasteiger partial charge in [0, 0.05) is 25.2 Å². The van der Waals surface area contributed by atoms with Gasteiger partial charge in [0.15, 0.2) is 0 Å².